The molecule has 0 heterocycles. The minimum absolute atomic E-state index is 0.206. The summed E-state index contributed by atoms with van der Waals surface area (Å²) in [6.07, 6.45) is -0.777. The topological polar surface area (TPSA) is 82.1 Å². The summed E-state index contributed by atoms with van der Waals surface area (Å²) in [7, 11) is -0.205. The van der Waals surface area contributed by atoms with Gasteiger partial charge in [0.1, 0.15) is 5.60 Å². The van der Waals surface area contributed by atoms with Crippen LogP contribution in [0.25, 0.3) is 0 Å². The minimum atomic E-state index is -2.06. The molecule has 0 radical (unpaired) electrons. The maximum absolute atomic E-state index is 12.5. The van der Waals surface area contributed by atoms with E-state index in [1.807, 2.05) is 30.3 Å². The fraction of sp³-hybridized carbons (Fsp3) is 0.565. The first kappa shape index (κ1) is 25.9. The molecular formula is C23H34O6Si. The highest BCUT2D eigenvalue weighted by molar-refractivity contribution is 6.76. The Balaban J connectivity index is 2.79. The SMILES string of the molecule is COC(=O)C[C@](O)(CC#CC(C)(C)OCc1ccccc1)C(=O)OCC[Si](C)(C)C. The van der Waals surface area contributed by atoms with E-state index in [2.05, 4.69) is 36.2 Å². The van der Waals surface area contributed by atoms with Crippen molar-refractivity contribution in [1.82, 2.24) is 0 Å². The second-order valence-corrected chi connectivity index (χ2v) is 14.6. The number of carbonyl (C=O) groups excluding carboxylic acids is 2. The Morgan fingerprint density at radius 2 is 1.77 bits per heavy atom. The third-order valence-corrected chi connectivity index (χ3v) is 6.05. The lowest BCUT2D eigenvalue weighted by Crippen LogP contribution is -2.43. The van der Waals surface area contributed by atoms with Gasteiger partial charge in [-0.15, -0.1) is 0 Å². The van der Waals surface area contributed by atoms with Crippen LogP contribution in [0.15, 0.2) is 30.3 Å². The summed E-state index contributed by atoms with van der Waals surface area (Å²) >= 11 is 0. The van der Waals surface area contributed by atoms with Gasteiger partial charge in [0.05, 0.1) is 26.7 Å². The number of benzene rings is 1. The van der Waals surface area contributed by atoms with E-state index >= 15 is 0 Å². The van der Waals surface area contributed by atoms with Crippen LogP contribution in [0.2, 0.25) is 25.7 Å². The van der Waals surface area contributed by atoms with Gasteiger partial charge in [0, 0.05) is 14.5 Å². The molecular weight excluding hydrogens is 400 g/mol. The molecule has 1 rings (SSSR count). The van der Waals surface area contributed by atoms with E-state index < -0.39 is 37.6 Å². The van der Waals surface area contributed by atoms with Crippen molar-refractivity contribution in [3.8, 4) is 11.8 Å². The van der Waals surface area contributed by atoms with Crippen molar-refractivity contribution in [2.45, 2.75) is 70.2 Å². The number of hydrogen-bond donors (Lipinski definition) is 1. The van der Waals surface area contributed by atoms with E-state index in [9.17, 15) is 14.7 Å². The number of aliphatic hydroxyl groups is 1. The first-order valence-electron chi connectivity index (χ1n) is 10.0. The molecule has 0 spiro atoms. The number of methoxy groups -OCH3 is 1. The monoisotopic (exact) mass is 434 g/mol. The molecule has 6 nitrogen and oxygen atoms in total. The summed E-state index contributed by atoms with van der Waals surface area (Å²) in [6, 6.07) is 10.5. The van der Waals surface area contributed by atoms with Gasteiger partial charge in [-0.05, 0) is 25.5 Å². The number of ether oxygens (including phenoxy) is 3. The lowest BCUT2D eigenvalue weighted by molar-refractivity contribution is -0.170. The Bertz CT molecular complexity index is 757. The van der Waals surface area contributed by atoms with Crippen molar-refractivity contribution >= 4 is 20.0 Å². The number of hydrogen-bond acceptors (Lipinski definition) is 6. The molecule has 1 N–H and O–H groups in total. The summed E-state index contributed by atoms with van der Waals surface area (Å²) in [6.45, 7) is 10.7. The van der Waals surface area contributed by atoms with Crippen molar-refractivity contribution < 1.29 is 28.9 Å². The molecule has 0 amide bonds. The Kier molecular flexibility index (Phi) is 9.76. The molecule has 1 aromatic carbocycles. The number of esters is 2. The highest BCUT2D eigenvalue weighted by atomic mass is 28.3. The number of carbonyl (C=O) groups is 2. The average molecular weight is 435 g/mol. The van der Waals surface area contributed by atoms with Crippen LogP contribution in [0.5, 0.6) is 0 Å². The molecule has 0 aliphatic carbocycles. The zero-order chi connectivity index (χ0) is 22.8. The van der Waals surface area contributed by atoms with Crippen LogP contribution in [-0.4, -0.2) is 50.0 Å². The van der Waals surface area contributed by atoms with Gasteiger partial charge in [0.15, 0.2) is 5.60 Å². The lowest BCUT2D eigenvalue weighted by Gasteiger charge is -2.24. The second kappa shape index (κ2) is 11.3. The summed E-state index contributed by atoms with van der Waals surface area (Å²) in [5.74, 6) is 4.16. The lowest BCUT2D eigenvalue weighted by atomic mass is 9.95. The Hall–Kier alpha value is -2.14. The molecule has 7 heteroatoms. The van der Waals surface area contributed by atoms with Gasteiger partial charge in [-0.1, -0.05) is 61.8 Å². The largest absolute Gasteiger partial charge is 0.469 e. The van der Waals surface area contributed by atoms with Crippen LogP contribution in [0.3, 0.4) is 0 Å². The maximum atomic E-state index is 12.5. The van der Waals surface area contributed by atoms with Crippen molar-refractivity contribution in [1.29, 1.82) is 0 Å². The van der Waals surface area contributed by atoms with Crippen molar-refractivity contribution in [2.75, 3.05) is 13.7 Å². The highest BCUT2D eigenvalue weighted by Crippen LogP contribution is 2.20. The smallest absolute Gasteiger partial charge is 0.339 e. The highest BCUT2D eigenvalue weighted by Gasteiger charge is 2.40. The Morgan fingerprint density at radius 1 is 1.13 bits per heavy atom. The van der Waals surface area contributed by atoms with Gasteiger partial charge in [0.2, 0.25) is 0 Å². The molecule has 1 atom stereocenters. The van der Waals surface area contributed by atoms with Gasteiger partial charge in [-0.2, -0.15) is 0 Å². The molecule has 0 bridgehead atoms. The van der Waals surface area contributed by atoms with Gasteiger partial charge >= 0.3 is 11.9 Å². The average Bonchev–Trinajstić information content (AvgIpc) is 2.66. The molecule has 0 aromatic heterocycles. The molecule has 0 fully saturated rings. The first-order valence-corrected chi connectivity index (χ1v) is 13.7. The van der Waals surface area contributed by atoms with E-state index in [-0.39, 0.29) is 13.0 Å². The number of rotatable bonds is 10. The van der Waals surface area contributed by atoms with E-state index in [0.717, 1.165) is 11.6 Å². The fourth-order valence-electron chi connectivity index (χ4n) is 2.38. The van der Waals surface area contributed by atoms with E-state index in [0.29, 0.717) is 6.61 Å². The molecule has 166 valence electrons. The third-order valence-electron chi connectivity index (χ3n) is 4.34. The van der Waals surface area contributed by atoms with Gasteiger partial charge < -0.3 is 19.3 Å². The van der Waals surface area contributed by atoms with Crippen molar-refractivity contribution in [2.24, 2.45) is 0 Å². The van der Waals surface area contributed by atoms with Crippen LogP contribution >= 0.6 is 0 Å². The summed E-state index contributed by atoms with van der Waals surface area (Å²) in [5.41, 5.74) is -1.85. The molecule has 0 aliphatic heterocycles. The van der Waals surface area contributed by atoms with Crippen molar-refractivity contribution in [3.05, 3.63) is 35.9 Å². The van der Waals surface area contributed by atoms with Gasteiger partial charge in [-0.3, -0.25) is 4.79 Å². The van der Waals surface area contributed by atoms with E-state index in [4.69, 9.17) is 9.47 Å². The van der Waals surface area contributed by atoms with E-state index in [1.165, 1.54) is 7.11 Å². The van der Waals surface area contributed by atoms with Crippen LogP contribution in [0, 0.1) is 11.8 Å². The predicted octanol–water partition coefficient (Wildman–Crippen LogP) is 3.55. The third kappa shape index (κ3) is 10.1. The minimum Gasteiger partial charge on any atom is -0.469 e. The molecule has 0 unspecified atom stereocenters. The molecule has 30 heavy (non-hydrogen) atoms. The summed E-state index contributed by atoms with van der Waals surface area (Å²) < 4.78 is 15.7. The molecule has 0 aliphatic rings. The molecule has 0 saturated carbocycles. The fourth-order valence-corrected chi connectivity index (χ4v) is 3.09. The van der Waals surface area contributed by atoms with Gasteiger partial charge in [0.25, 0.3) is 0 Å². The van der Waals surface area contributed by atoms with Crippen molar-refractivity contribution in [3.63, 3.8) is 0 Å². The quantitative estimate of drug-likeness (QED) is 0.345. The van der Waals surface area contributed by atoms with Gasteiger partial charge in [-0.25, -0.2) is 4.79 Å². The molecule has 1 aromatic rings. The standard InChI is InChI=1S/C23H34O6Si/c1-22(2,29-18-19-11-8-7-9-12-19)13-10-14-23(26,17-20(24)27-3)21(25)28-15-16-30(4,5)6/h7-9,11-12,26H,14-18H2,1-6H3/t23-/m1/s1. The Labute approximate surface area is 180 Å². The summed E-state index contributed by atoms with van der Waals surface area (Å²) in [5, 5.41) is 10.8. The van der Waals surface area contributed by atoms with E-state index in [1.54, 1.807) is 13.8 Å². The van der Waals surface area contributed by atoms with Crippen LogP contribution < -0.4 is 0 Å². The molecule has 0 saturated heterocycles. The van der Waals surface area contributed by atoms with Crippen LogP contribution in [0.1, 0.15) is 32.3 Å². The van der Waals surface area contributed by atoms with Crippen LogP contribution in [-0.2, 0) is 30.4 Å². The zero-order valence-electron chi connectivity index (χ0n) is 18.9. The summed E-state index contributed by atoms with van der Waals surface area (Å²) in [4.78, 5) is 24.2. The first-order chi connectivity index (χ1) is 13.9. The second-order valence-electron chi connectivity index (χ2n) is 8.99. The maximum Gasteiger partial charge on any atom is 0.339 e. The normalized spacial score (nSPS) is 13.6. The predicted molar refractivity (Wildman–Crippen MR) is 118 cm³/mol. The Morgan fingerprint density at radius 3 is 2.33 bits per heavy atom. The van der Waals surface area contributed by atoms with Crippen LogP contribution in [0.4, 0.5) is 0 Å². The zero-order valence-corrected chi connectivity index (χ0v) is 19.9.